The zero-order valence-electron chi connectivity index (χ0n) is 9.84. The Hall–Kier alpha value is -0.990. The van der Waals surface area contributed by atoms with E-state index in [0.717, 1.165) is 24.1 Å². The van der Waals surface area contributed by atoms with Gasteiger partial charge in [0.2, 0.25) is 0 Å². The van der Waals surface area contributed by atoms with Crippen molar-refractivity contribution in [1.29, 1.82) is 0 Å². The molecule has 1 aliphatic carbocycles. The first-order chi connectivity index (χ1) is 7.11. The Morgan fingerprint density at radius 1 is 1.33 bits per heavy atom. The lowest BCUT2D eigenvalue weighted by Gasteiger charge is -2.09. The van der Waals surface area contributed by atoms with Crippen LogP contribution < -0.4 is 5.56 Å². The molecular formula is C12H20N2O. The van der Waals surface area contributed by atoms with Gasteiger partial charge in [-0.25, -0.2) is 4.68 Å². The summed E-state index contributed by atoms with van der Waals surface area (Å²) in [6, 6.07) is 0.420. The minimum Gasteiger partial charge on any atom is -0.299 e. The van der Waals surface area contributed by atoms with Gasteiger partial charge < -0.3 is 0 Å². The van der Waals surface area contributed by atoms with Crippen molar-refractivity contribution in [2.45, 2.75) is 58.4 Å². The van der Waals surface area contributed by atoms with E-state index in [0.29, 0.717) is 12.0 Å². The third-order valence-electron chi connectivity index (χ3n) is 3.41. The Morgan fingerprint density at radius 3 is 2.40 bits per heavy atom. The van der Waals surface area contributed by atoms with Crippen molar-refractivity contribution in [3.63, 3.8) is 0 Å². The number of nitrogens with one attached hydrogen (secondary N) is 1. The van der Waals surface area contributed by atoms with Gasteiger partial charge in [0.05, 0.1) is 6.04 Å². The third kappa shape index (κ3) is 1.75. The average molecular weight is 208 g/mol. The highest BCUT2D eigenvalue weighted by Crippen LogP contribution is 2.28. The molecule has 0 atom stereocenters. The lowest BCUT2D eigenvalue weighted by atomic mass is 10.0. The zero-order valence-corrected chi connectivity index (χ0v) is 9.84. The molecule has 1 N–H and O–H groups in total. The number of aromatic amines is 1. The number of aryl methyl sites for hydroxylation is 1. The van der Waals surface area contributed by atoms with Crippen LogP contribution in [0.5, 0.6) is 0 Å². The van der Waals surface area contributed by atoms with Gasteiger partial charge >= 0.3 is 0 Å². The van der Waals surface area contributed by atoms with Gasteiger partial charge in [0.15, 0.2) is 0 Å². The second kappa shape index (κ2) is 3.87. The third-order valence-corrected chi connectivity index (χ3v) is 3.41. The number of aromatic nitrogens is 2. The van der Waals surface area contributed by atoms with Gasteiger partial charge in [0, 0.05) is 11.3 Å². The molecule has 0 amide bonds. The van der Waals surface area contributed by atoms with E-state index in [1.54, 1.807) is 0 Å². The van der Waals surface area contributed by atoms with E-state index in [1.807, 2.05) is 11.6 Å². The second-order valence-corrected chi connectivity index (χ2v) is 4.92. The summed E-state index contributed by atoms with van der Waals surface area (Å²) in [5.74, 6) is 0.316. The summed E-state index contributed by atoms with van der Waals surface area (Å²) >= 11 is 0. The van der Waals surface area contributed by atoms with Crippen LogP contribution in [0.25, 0.3) is 0 Å². The van der Waals surface area contributed by atoms with Crippen molar-refractivity contribution in [2.75, 3.05) is 0 Å². The average Bonchev–Trinajstić information content (AvgIpc) is 2.72. The Morgan fingerprint density at radius 2 is 1.93 bits per heavy atom. The van der Waals surface area contributed by atoms with Crippen LogP contribution in [0.4, 0.5) is 0 Å². The molecule has 1 heterocycles. The summed E-state index contributed by atoms with van der Waals surface area (Å²) in [6.45, 7) is 6.16. The predicted octanol–water partition coefficient (Wildman–Crippen LogP) is 2.72. The molecule has 0 aliphatic heterocycles. The first-order valence-electron chi connectivity index (χ1n) is 5.92. The van der Waals surface area contributed by atoms with E-state index in [1.165, 1.54) is 12.8 Å². The van der Waals surface area contributed by atoms with Crippen molar-refractivity contribution >= 4 is 0 Å². The molecule has 3 heteroatoms. The zero-order chi connectivity index (χ0) is 11.0. The summed E-state index contributed by atoms with van der Waals surface area (Å²) in [6.07, 6.45) is 4.81. The minimum absolute atomic E-state index is 0.203. The van der Waals surface area contributed by atoms with Crippen LogP contribution >= 0.6 is 0 Å². The van der Waals surface area contributed by atoms with E-state index in [2.05, 4.69) is 18.9 Å². The van der Waals surface area contributed by atoms with Crippen LogP contribution in [-0.4, -0.2) is 9.78 Å². The fraction of sp³-hybridized carbons (Fsp3) is 0.750. The van der Waals surface area contributed by atoms with Crippen molar-refractivity contribution in [2.24, 2.45) is 0 Å². The van der Waals surface area contributed by atoms with Crippen LogP contribution in [0.1, 0.15) is 62.7 Å². The Kier molecular flexibility index (Phi) is 2.72. The minimum atomic E-state index is 0.203. The highest BCUT2D eigenvalue weighted by molar-refractivity contribution is 5.20. The molecule has 1 saturated carbocycles. The highest BCUT2D eigenvalue weighted by atomic mass is 16.1. The maximum Gasteiger partial charge on any atom is 0.270 e. The molecule has 0 bridgehead atoms. The number of nitrogens with zero attached hydrogens (tertiary/aromatic N) is 1. The summed E-state index contributed by atoms with van der Waals surface area (Å²) < 4.78 is 1.86. The largest absolute Gasteiger partial charge is 0.299 e. The van der Waals surface area contributed by atoms with Crippen LogP contribution in [0.2, 0.25) is 0 Å². The van der Waals surface area contributed by atoms with E-state index in [4.69, 9.17) is 0 Å². The van der Waals surface area contributed by atoms with Gasteiger partial charge in [0.1, 0.15) is 0 Å². The molecule has 0 saturated heterocycles. The van der Waals surface area contributed by atoms with Gasteiger partial charge in [-0.3, -0.25) is 9.89 Å². The lowest BCUT2D eigenvalue weighted by molar-refractivity contribution is 0.451. The number of rotatable bonds is 2. The molecule has 15 heavy (non-hydrogen) atoms. The predicted molar refractivity (Wildman–Crippen MR) is 61.4 cm³/mol. The summed E-state index contributed by atoms with van der Waals surface area (Å²) in [4.78, 5) is 12.1. The molecule has 1 aliphatic rings. The van der Waals surface area contributed by atoms with Crippen LogP contribution in [0.15, 0.2) is 4.79 Å². The second-order valence-electron chi connectivity index (χ2n) is 4.92. The van der Waals surface area contributed by atoms with E-state index < -0.39 is 0 Å². The van der Waals surface area contributed by atoms with Crippen molar-refractivity contribution in [1.82, 2.24) is 9.78 Å². The van der Waals surface area contributed by atoms with E-state index in [-0.39, 0.29) is 5.56 Å². The summed E-state index contributed by atoms with van der Waals surface area (Å²) in [5.41, 5.74) is 2.21. The lowest BCUT2D eigenvalue weighted by Crippen LogP contribution is -2.23. The standard InChI is InChI=1S/C12H20N2O/c1-8(2)11-9(3)13-14(12(11)15)10-6-4-5-7-10/h8,10,13H,4-7H2,1-3H3. The Bertz CT molecular complexity index is 394. The Balaban J connectivity index is 2.41. The molecule has 3 nitrogen and oxygen atoms in total. The molecule has 0 radical (unpaired) electrons. The quantitative estimate of drug-likeness (QED) is 0.797. The maximum atomic E-state index is 12.1. The number of hydrogen-bond donors (Lipinski definition) is 1. The molecule has 0 unspecified atom stereocenters. The van der Waals surface area contributed by atoms with Crippen LogP contribution in [0.3, 0.4) is 0 Å². The van der Waals surface area contributed by atoms with Gasteiger partial charge in [-0.05, 0) is 25.7 Å². The Labute approximate surface area is 90.5 Å². The van der Waals surface area contributed by atoms with E-state index >= 15 is 0 Å². The van der Waals surface area contributed by atoms with Gasteiger partial charge in [-0.1, -0.05) is 26.7 Å². The smallest absolute Gasteiger partial charge is 0.270 e. The topological polar surface area (TPSA) is 37.8 Å². The fourth-order valence-electron chi connectivity index (χ4n) is 2.68. The van der Waals surface area contributed by atoms with Crippen molar-refractivity contribution in [3.05, 3.63) is 21.6 Å². The summed E-state index contributed by atoms with van der Waals surface area (Å²) in [7, 11) is 0. The van der Waals surface area contributed by atoms with Gasteiger partial charge in [-0.15, -0.1) is 0 Å². The molecule has 84 valence electrons. The first-order valence-corrected chi connectivity index (χ1v) is 5.92. The van der Waals surface area contributed by atoms with Crippen LogP contribution in [0, 0.1) is 6.92 Å². The van der Waals surface area contributed by atoms with Crippen molar-refractivity contribution in [3.8, 4) is 0 Å². The van der Waals surface area contributed by atoms with Gasteiger partial charge in [0.25, 0.3) is 5.56 Å². The first kappa shape index (κ1) is 10.5. The highest BCUT2D eigenvalue weighted by Gasteiger charge is 2.22. The monoisotopic (exact) mass is 208 g/mol. The molecule has 1 fully saturated rings. The molecule has 2 rings (SSSR count). The normalized spacial score (nSPS) is 17.9. The molecule has 1 aromatic rings. The number of hydrogen-bond acceptors (Lipinski definition) is 1. The maximum absolute atomic E-state index is 12.1. The SMILES string of the molecule is Cc1[nH]n(C2CCCC2)c(=O)c1C(C)C. The van der Waals surface area contributed by atoms with E-state index in [9.17, 15) is 4.79 Å². The van der Waals surface area contributed by atoms with Crippen LogP contribution in [-0.2, 0) is 0 Å². The van der Waals surface area contributed by atoms with Crippen molar-refractivity contribution < 1.29 is 0 Å². The molecule has 0 aromatic carbocycles. The summed E-state index contributed by atoms with van der Waals surface area (Å²) in [5, 5.41) is 3.24. The molecule has 0 spiro atoms. The number of H-pyrrole nitrogens is 1. The fourth-order valence-corrected chi connectivity index (χ4v) is 2.68. The molecule has 1 aromatic heterocycles. The molecular weight excluding hydrogens is 188 g/mol. The van der Waals surface area contributed by atoms with Gasteiger partial charge in [-0.2, -0.15) is 0 Å².